The van der Waals surface area contributed by atoms with Gasteiger partial charge in [0.05, 0.1) is 12.6 Å². The maximum Gasteiger partial charge on any atom is 0.0628 e. The molecule has 2 saturated heterocycles. The Balaban J connectivity index is 1.88. The van der Waals surface area contributed by atoms with Gasteiger partial charge >= 0.3 is 0 Å². The Kier molecular flexibility index (Phi) is 4.39. The van der Waals surface area contributed by atoms with E-state index in [1.54, 1.807) is 0 Å². The standard InChI is InChI=1S/C17H26N2O/c20-13-16(15-7-2-1-3-8-15)19-12-5-4-9-17(19)10-6-11-18-14-17/h1-3,7-8,16,18,20H,4-6,9-14H2/t16-,17+/m0/s1. The van der Waals surface area contributed by atoms with E-state index in [4.69, 9.17) is 0 Å². The first kappa shape index (κ1) is 14.1. The molecule has 3 heteroatoms. The summed E-state index contributed by atoms with van der Waals surface area (Å²) in [5.74, 6) is 0. The minimum Gasteiger partial charge on any atom is -0.394 e. The Hall–Kier alpha value is -0.900. The number of rotatable bonds is 3. The molecular weight excluding hydrogens is 248 g/mol. The summed E-state index contributed by atoms with van der Waals surface area (Å²) in [5.41, 5.74) is 1.52. The average Bonchev–Trinajstić information content (AvgIpc) is 2.52. The molecule has 110 valence electrons. The van der Waals surface area contributed by atoms with Crippen molar-refractivity contribution in [2.75, 3.05) is 26.2 Å². The molecule has 2 aliphatic rings. The number of hydrogen-bond donors (Lipinski definition) is 2. The third-order valence-electron chi connectivity index (χ3n) is 5.08. The fourth-order valence-corrected chi connectivity index (χ4v) is 4.07. The number of aliphatic hydroxyl groups excluding tert-OH is 1. The van der Waals surface area contributed by atoms with Gasteiger partial charge in [-0.25, -0.2) is 0 Å². The molecule has 0 unspecified atom stereocenters. The molecule has 1 spiro atoms. The number of nitrogens with one attached hydrogen (secondary N) is 1. The van der Waals surface area contributed by atoms with Crippen LogP contribution in [0, 0.1) is 0 Å². The topological polar surface area (TPSA) is 35.5 Å². The smallest absolute Gasteiger partial charge is 0.0628 e. The molecule has 0 amide bonds. The highest BCUT2D eigenvalue weighted by atomic mass is 16.3. The molecule has 0 bridgehead atoms. The lowest BCUT2D eigenvalue weighted by Gasteiger charge is -2.52. The van der Waals surface area contributed by atoms with Gasteiger partial charge in [-0.1, -0.05) is 36.8 Å². The van der Waals surface area contributed by atoms with Gasteiger partial charge in [-0.15, -0.1) is 0 Å². The van der Waals surface area contributed by atoms with Crippen molar-refractivity contribution in [2.45, 2.75) is 43.7 Å². The molecule has 1 aromatic carbocycles. The van der Waals surface area contributed by atoms with Crippen LogP contribution in [0.2, 0.25) is 0 Å². The molecule has 2 N–H and O–H groups in total. The van der Waals surface area contributed by atoms with Crippen LogP contribution in [0.3, 0.4) is 0 Å². The molecule has 20 heavy (non-hydrogen) atoms. The molecule has 3 rings (SSSR count). The molecule has 2 atom stereocenters. The predicted octanol–water partition coefficient (Wildman–Crippen LogP) is 2.33. The lowest BCUT2D eigenvalue weighted by Crippen LogP contribution is -2.61. The summed E-state index contributed by atoms with van der Waals surface area (Å²) in [7, 11) is 0. The van der Waals surface area contributed by atoms with Crippen LogP contribution >= 0.6 is 0 Å². The van der Waals surface area contributed by atoms with E-state index in [2.05, 4.69) is 34.5 Å². The fraction of sp³-hybridized carbons (Fsp3) is 0.647. The van der Waals surface area contributed by atoms with Gasteiger partial charge in [0, 0.05) is 12.1 Å². The predicted molar refractivity (Wildman–Crippen MR) is 81.7 cm³/mol. The Morgan fingerprint density at radius 3 is 2.65 bits per heavy atom. The number of nitrogens with zero attached hydrogens (tertiary/aromatic N) is 1. The molecule has 2 fully saturated rings. The summed E-state index contributed by atoms with van der Waals surface area (Å²) in [6.07, 6.45) is 6.37. The highest BCUT2D eigenvalue weighted by molar-refractivity contribution is 5.20. The Morgan fingerprint density at radius 2 is 1.95 bits per heavy atom. The van der Waals surface area contributed by atoms with Crippen LogP contribution in [0.1, 0.15) is 43.7 Å². The maximum atomic E-state index is 9.98. The number of piperidine rings is 2. The van der Waals surface area contributed by atoms with Gasteiger partial charge in [-0.05, 0) is 44.3 Å². The van der Waals surface area contributed by atoms with Crippen LogP contribution in [0.4, 0.5) is 0 Å². The summed E-state index contributed by atoms with van der Waals surface area (Å²) in [6.45, 7) is 3.55. The number of aliphatic hydroxyl groups is 1. The van der Waals surface area contributed by atoms with Crippen molar-refractivity contribution in [3.05, 3.63) is 35.9 Å². The van der Waals surface area contributed by atoms with Crippen LogP contribution in [0.15, 0.2) is 30.3 Å². The first-order chi connectivity index (χ1) is 9.86. The Bertz CT molecular complexity index is 406. The van der Waals surface area contributed by atoms with E-state index in [1.807, 2.05) is 6.07 Å². The first-order valence-corrected chi connectivity index (χ1v) is 7.99. The minimum atomic E-state index is 0.149. The van der Waals surface area contributed by atoms with Crippen molar-refractivity contribution in [1.29, 1.82) is 0 Å². The normalized spacial score (nSPS) is 29.4. The van der Waals surface area contributed by atoms with Gasteiger partial charge in [0.2, 0.25) is 0 Å². The average molecular weight is 274 g/mol. The molecule has 0 aliphatic carbocycles. The third-order valence-corrected chi connectivity index (χ3v) is 5.08. The molecular formula is C17H26N2O. The quantitative estimate of drug-likeness (QED) is 0.888. The van der Waals surface area contributed by atoms with Gasteiger partial charge in [-0.2, -0.15) is 0 Å². The second-order valence-electron chi connectivity index (χ2n) is 6.26. The van der Waals surface area contributed by atoms with E-state index in [9.17, 15) is 5.11 Å². The molecule has 0 saturated carbocycles. The number of hydrogen-bond acceptors (Lipinski definition) is 3. The highest BCUT2D eigenvalue weighted by Crippen LogP contribution is 2.39. The van der Waals surface area contributed by atoms with Gasteiger partial charge in [0.25, 0.3) is 0 Å². The van der Waals surface area contributed by atoms with E-state index >= 15 is 0 Å². The molecule has 1 aromatic rings. The zero-order valence-electron chi connectivity index (χ0n) is 12.2. The SMILES string of the molecule is OC[C@@H](c1ccccc1)N1CCCC[C@]12CCCNC2. The Labute approximate surface area is 122 Å². The third kappa shape index (κ3) is 2.62. The molecule has 2 heterocycles. The van der Waals surface area contributed by atoms with Gasteiger partial charge < -0.3 is 10.4 Å². The lowest BCUT2D eigenvalue weighted by atomic mass is 9.79. The van der Waals surface area contributed by atoms with Gasteiger partial charge in [-0.3, -0.25) is 4.90 Å². The molecule has 3 nitrogen and oxygen atoms in total. The van der Waals surface area contributed by atoms with E-state index in [0.29, 0.717) is 0 Å². The maximum absolute atomic E-state index is 9.98. The molecule has 0 radical (unpaired) electrons. The van der Waals surface area contributed by atoms with Crippen LogP contribution in [-0.4, -0.2) is 41.8 Å². The van der Waals surface area contributed by atoms with E-state index in [-0.39, 0.29) is 18.2 Å². The zero-order chi connectivity index (χ0) is 13.8. The van der Waals surface area contributed by atoms with Gasteiger partial charge in [0.1, 0.15) is 0 Å². The summed E-state index contributed by atoms with van der Waals surface area (Å²) in [5, 5.41) is 13.6. The second-order valence-corrected chi connectivity index (χ2v) is 6.26. The minimum absolute atomic E-state index is 0.149. The molecule has 2 aliphatic heterocycles. The van der Waals surface area contributed by atoms with Gasteiger partial charge in [0.15, 0.2) is 0 Å². The van der Waals surface area contributed by atoms with Crippen molar-refractivity contribution >= 4 is 0 Å². The number of benzene rings is 1. The van der Waals surface area contributed by atoms with Crippen LogP contribution in [0.5, 0.6) is 0 Å². The van der Waals surface area contributed by atoms with Crippen molar-refractivity contribution in [1.82, 2.24) is 10.2 Å². The van der Waals surface area contributed by atoms with E-state index < -0.39 is 0 Å². The largest absolute Gasteiger partial charge is 0.394 e. The summed E-state index contributed by atoms with van der Waals surface area (Å²) in [4.78, 5) is 2.60. The second kappa shape index (κ2) is 6.25. The van der Waals surface area contributed by atoms with Crippen molar-refractivity contribution < 1.29 is 5.11 Å². The van der Waals surface area contributed by atoms with Crippen molar-refractivity contribution in [3.8, 4) is 0 Å². The molecule has 0 aromatic heterocycles. The summed E-state index contributed by atoms with van der Waals surface area (Å²) >= 11 is 0. The lowest BCUT2D eigenvalue weighted by molar-refractivity contribution is -0.0281. The summed E-state index contributed by atoms with van der Waals surface area (Å²) < 4.78 is 0. The fourth-order valence-electron chi connectivity index (χ4n) is 4.07. The monoisotopic (exact) mass is 274 g/mol. The first-order valence-electron chi connectivity index (χ1n) is 7.99. The summed E-state index contributed by atoms with van der Waals surface area (Å²) in [6, 6.07) is 10.7. The number of likely N-dealkylation sites (tertiary alicyclic amines) is 1. The van der Waals surface area contributed by atoms with E-state index in [1.165, 1.54) is 37.7 Å². The van der Waals surface area contributed by atoms with Crippen molar-refractivity contribution in [3.63, 3.8) is 0 Å². The Morgan fingerprint density at radius 1 is 1.15 bits per heavy atom. The highest BCUT2D eigenvalue weighted by Gasteiger charge is 2.42. The van der Waals surface area contributed by atoms with Crippen LogP contribution in [0.25, 0.3) is 0 Å². The van der Waals surface area contributed by atoms with E-state index in [0.717, 1.165) is 19.6 Å². The van der Waals surface area contributed by atoms with Crippen LogP contribution < -0.4 is 5.32 Å². The van der Waals surface area contributed by atoms with Crippen LogP contribution in [-0.2, 0) is 0 Å². The van der Waals surface area contributed by atoms with Crippen molar-refractivity contribution in [2.24, 2.45) is 0 Å². The zero-order valence-corrected chi connectivity index (χ0v) is 12.2.